The number of urea groups is 1. The first-order valence-electron chi connectivity index (χ1n) is 7.38. The lowest BCUT2D eigenvalue weighted by Gasteiger charge is -2.31. The fraction of sp³-hybridized carbons (Fsp3) is 0.667. The van der Waals surface area contributed by atoms with Crippen LogP contribution < -0.4 is 10.6 Å². The molecule has 0 spiro atoms. The smallest absolute Gasteiger partial charge is 0.315 e. The summed E-state index contributed by atoms with van der Waals surface area (Å²) in [5.74, 6) is 0.538. The Morgan fingerprint density at radius 1 is 1.50 bits per heavy atom. The molecule has 1 aromatic rings. The molecule has 0 saturated heterocycles. The number of rotatable bonds is 5. The van der Waals surface area contributed by atoms with Gasteiger partial charge in [-0.1, -0.05) is 19.8 Å². The predicted molar refractivity (Wildman–Crippen MR) is 82.1 cm³/mol. The molecule has 1 heterocycles. The van der Waals surface area contributed by atoms with Gasteiger partial charge in [0, 0.05) is 25.1 Å². The van der Waals surface area contributed by atoms with Gasteiger partial charge in [-0.15, -0.1) is 0 Å². The van der Waals surface area contributed by atoms with Crippen molar-refractivity contribution in [3.63, 3.8) is 0 Å². The van der Waals surface area contributed by atoms with Gasteiger partial charge in [0.15, 0.2) is 0 Å². The van der Waals surface area contributed by atoms with Crippen molar-refractivity contribution in [2.75, 3.05) is 13.2 Å². The first-order chi connectivity index (χ1) is 9.70. The Labute approximate surface area is 124 Å². The van der Waals surface area contributed by atoms with Crippen molar-refractivity contribution in [3.8, 4) is 0 Å². The van der Waals surface area contributed by atoms with Gasteiger partial charge in [0.2, 0.25) is 0 Å². The normalized spacial score (nSPS) is 24.1. The zero-order valence-electron chi connectivity index (χ0n) is 12.0. The maximum Gasteiger partial charge on any atom is 0.315 e. The molecule has 2 rings (SSSR count). The van der Waals surface area contributed by atoms with E-state index in [0.717, 1.165) is 25.7 Å². The molecule has 0 bridgehead atoms. The first-order valence-corrected chi connectivity index (χ1v) is 8.32. The van der Waals surface area contributed by atoms with E-state index in [0.29, 0.717) is 12.5 Å². The van der Waals surface area contributed by atoms with E-state index >= 15 is 0 Å². The molecule has 0 radical (unpaired) electrons. The molecule has 1 saturated carbocycles. The Morgan fingerprint density at radius 2 is 2.30 bits per heavy atom. The lowest BCUT2D eigenvalue weighted by atomic mass is 9.85. The van der Waals surface area contributed by atoms with Gasteiger partial charge in [-0.05, 0) is 41.1 Å². The highest BCUT2D eigenvalue weighted by molar-refractivity contribution is 7.07. The van der Waals surface area contributed by atoms with Crippen LogP contribution in [-0.2, 0) is 0 Å². The summed E-state index contributed by atoms with van der Waals surface area (Å²) in [6.07, 6.45) is 4.26. The van der Waals surface area contributed by atoms with Crippen molar-refractivity contribution >= 4 is 17.4 Å². The second-order valence-corrected chi connectivity index (χ2v) is 6.43. The molecule has 0 unspecified atom stereocenters. The Balaban J connectivity index is 1.74. The predicted octanol–water partition coefficient (Wildman–Crippen LogP) is 2.70. The number of aliphatic hydroxyl groups excluding tert-OH is 1. The first kappa shape index (κ1) is 15.3. The minimum Gasteiger partial charge on any atom is -0.396 e. The van der Waals surface area contributed by atoms with E-state index in [1.54, 1.807) is 11.3 Å². The van der Waals surface area contributed by atoms with Gasteiger partial charge in [0.25, 0.3) is 0 Å². The van der Waals surface area contributed by atoms with E-state index in [1.807, 2.05) is 0 Å². The van der Waals surface area contributed by atoms with Crippen LogP contribution in [-0.4, -0.2) is 30.3 Å². The number of nitrogens with one attached hydrogen (secondary N) is 2. The third kappa shape index (κ3) is 4.21. The van der Waals surface area contributed by atoms with Gasteiger partial charge in [-0.2, -0.15) is 11.3 Å². The van der Waals surface area contributed by atoms with Gasteiger partial charge in [0.1, 0.15) is 0 Å². The summed E-state index contributed by atoms with van der Waals surface area (Å²) in [6.45, 7) is 2.91. The summed E-state index contributed by atoms with van der Waals surface area (Å²) in [6, 6.07) is 2.10. The molecule has 20 heavy (non-hydrogen) atoms. The van der Waals surface area contributed by atoms with E-state index in [2.05, 4.69) is 34.4 Å². The summed E-state index contributed by atoms with van der Waals surface area (Å²) in [5, 5.41) is 19.5. The minimum absolute atomic E-state index is 0.113. The van der Waals surface area contributed by atoms with Gasteiger partial charge >= 0.3 is 6.03 Å². The maximum absolute atomic E-state index is 11.9. The van der Waals surface area contributed by atoms with Crippen LogP contribution in [0.15, 0.2) is 16.8 Å². The number of carbonyl (C=O) groups excluding carboxylic acids is 1. The SMILES string of the molecule is C[C@H](CNC(=O)N[C@@H]1CCCC[C@@H]1CO)c1ccsc1. The van der Waals surface area contributed by atoms with Gasteiger partial charge in [-0.3, -0.25) is 0 Å². The van der Waals surface area contributed by atoms with Crippen molar-refractivity contribution in [1.29, 1.82) is 0 Å². The van der Waals surface area contributed by atoms with Crippen LogP contribution in [0.25, 0.3) is 0 Å². The number of amides is 2. The van der Waals surface area contributed by atoms with Crippen LogP contribution in [0.5, 0.6) is 0 Å². The average molecular weight is 296 g/mol. The molecule has 2 amide bonds. The summed E-state index contributed by atoms with van der Waals surface area (Å²) in [4.78, 5) is 11.9. The summed E-state index contributed by atoms with van der Waals surface area (Å²) in [7, 11) is 0. The van der Waals surface area contributed by atoms with Gasteiger partial charge < -0.3 is 15.7 Å². The van der Waals surface area contributed by atoms with E-state index in [1.165, 1.54) is 5.56 Å². The molecular weight excluding hydrogens is 272 g/mol. The van der Waals surface area contributed by atoms with Crippen LogP contribution in [0, 0.1) is 5.92 Å². The Hall–Kier alpha value is -1.07. The van der Waals surface area contributed by atoms with Crippen molar-refractivity contribution in [2.45, 2.75) is 44.6 Å². The largest absolute Gasteiger partial charge is 0.396 e. The Kier molecular flexibility index (Phi) is 5.86. The molecule has 4 nitrogen and oxygen atoms in total. The standard InChI is InChI=1S/C15H24N2O2S/c1-11(13-6-7-20-10-13)8-16-15(19)17-14-5-3-2-4-12(14)9-18/h6-7,10-12,14,18H,2-5,8-9H2,1H3,(H2,16,17,19)/t11-,12-,14-/m1/s1. The van der Waals surface area contributed by atoms with Crippen molar-refractivity contribution in [3.05, 3.63) is 22.4 Å². The number of hydrogen-bond acceptors (Lipinski definition) is 3. The van der Waals surface area contributed by atoms with E-state index in [4.69, 9.17) is 0 Å². The lowest BCUT2D eigenvalue weighted by Crippen LogP contribution is -2.48. The topological polar surface area (TPSA) is 61.4 Å². The van der Waals surface area contributed by atoms with Crippen molar-refractivity contribution in [2.24, 2.45) is 5.92 Å². The second-order valence-electron chi connectivity index (χ2n) is 5.65. The monoisotopic (exact) mass is 296 g/mol. The number of hydrogen-bond donors (Lipinski definition) is 3. The van der Waals surface area contributed by atoms with Gasteiger partial charge in [-0.25, -0.2) is 4.79 Å². The van der Waals surface area contributed by atoms with Crippen LogP contribution >= 0.6 is 11.3 Å². The molecule has 1 aliphatic rings. The fourth-order valence-corrected chi connectivity index (χ4v) is 3.54. The maximum atomic E-state index is 11.9. The zero-order valence-corrected chi connectivity index (χ0v) is 12.8. The van der Waals surface area contributed by atoms with Crippen LogP contribution in [0.3, 0.4) is 0 Å². The second kappa shape index (κ2) is 7.64. The molecule has 1 aliphatic carbocycles. The quantitative estimate of drug-likeness (QED) is 0.782. The summed E-state index contributed by atoms with van der Waals surface area (Å²) < 4.78 is 0. The number of thiophene rings is 1. The van der Waals surface area contributed by atoms with Crippen LogP contribution in [0.2, 0.25) is 0 Å². The molecule has 3 atom stereocenters. The Morgan fingerprint density at radius 3 is 3.00 bits per heavy atom. The average Bonchev–Trinajstić information content (AvgIpc) is 2.99. The summed E-state index contributed by atoms with van der Waals surface area (Å²) in [5.41, 5.74) is 1.27. The molecule has 5 heteroatoms. The molecule has 0 aliphatic heterocycles. The third-order valence-electron chi connectivity index (χ3n) is 4.14. The third-order valence-corrected chi connectivity index (χ3v) is 4.84. The highest BCUT2D eigenvalue weighted by atomic mass is 32.1. The number of carbonyl (C=O) groups is 1. The fourth-order valence-electron chi connectivity index (χ4n) is 2.75. The van der Waals surface area contributed by atoms with Crippen molar-refractivity contribution < 1.29 is 9.90 Å². The molecule has 1 fully saturated rings. The zero-order chi connectivity index (χ0) is 14.4. The summed E-state index contributed by atoms with van der Waals surface area (Å²) >= 11 is 1.68. The molecule has 3 N–H and O–H groups in total. The van der Waals surface area contributed by atoms with Crippen molar-refractivity contribution in [1.82, 2.24) is 10.6 Å². The van der Waals surface area contributed by atoms with E-state index in [9.17, 15) is 9.90 Å². The van der Waals surface area contributed by atoms with E-state index in [-0.39, 0.29) is 24.6 Å². The highest BCUT2D eigenvalue weighted by Crippen LogP contribution is 2.24. The molecule has 112 valence electrons. The molecule has 1 aromatic heterocycles. The Bertz CT molecular complexity index is 408. The van der Waals surface area contributed by atoms with Gasteiger partial charge in [0.05, 0.1) is 0 Å². The molecular formula is C15H24N2O2S. The van der Waals surface area contributed by atoms with Crippen LogP contribution in [0.1, 0.15) is 44.1 Å². The lowest BCUT2D eigenvalue weighted by molar-refractivity contribution is 0.153. The number of aliphatic hydroxyl groups is 1. The van der Waals surface area contributed by atoms with Crippen LogP contribution in [0.4, 0.5) is 4.79 Å². The molecule has 0 aromatic carbocycles. The van der Waals surface area contributed by atoms with E-state index < -0.39 is 0 Å². The minimum atomic E-state index is -0.113. The highest BCUT2D eigenvalue weighted by Gasteiger charge is 2.25.